The van der Waals surface area contributed by atoms with E-state index in [1.54, 1.807) is 24.1 Å². The Morgan fingerprint density at radius 3 is 2.79 bits per heavy atom. The SMILES string of the molecule is CN(CC1CCCCC1)C(=O)c1nc(N)ccc1Cl. The molecule has 0 saturated heterocycles. The zero-order valence-corrected chi connectivity index (χ0v) is 12.0. The van der Waals surface area contributed by atoms with Gasteiger partial charge in [0, 0.05) is 13.6 Å². The minimum Gasteiger partial charge on any atom is -0.384 e. The minimum absolute atomic E-state index is 0.150. The molecule has 2 rings (SSSR count). The predicted molar refractivity (Wildman–Crippen MR) is 77.2 cm³/mol. The third-order valence-electron chi connectivity index (χ3n) is 3.67. The van der Waals surface area contributed by atoms with Crippen LogP contribution in [0.2, 0.25) is 5.02 Å². The number of nitrogens with two attached hydrogens (primary N) is 1. The number of pyridine rings is 1. The van der Waals surface area contributed by atoms with Gasteiger partial charge in [0.25, 0.3) is 5.91 Å². The lowest BCUT2D eigenvalue weighted by atomic mass is 9.89. The summed E-state index contributed by atoms with van der Waals surface area (Å²) in [5.41, 5.74) is 5.86. The van der Waals surface area contributed by atoms with Crippen molar-refractivity contribution in [1.29, 1.82) is 0 Å². The third kappa shape index (κ3) is 3.60. The number of carbonyl (C=O) groups is 1. The highest BCUT2D eigenvalue weighted by molar-refractivity contribution is 6.33. The quantitative estimate of drug-likeness (QED) is 0.927. The fourth-order valence-corrected chi connectivity index (χ4v) is 2.81. The fraction of sp³-hybridized carbons (Fsp3) is 0.571. The Labute approximate surface area is 118 Å². The predicted octanol–water partition coefficient (Wildman–Crippen LogP) is 2.97. The summed E-state index contributed by atoms with van der Waals surface area (Å²) in [7, 11) is 1.80. The van der Waals surface area contributed by atoms with Gasteiger partial charge in [-0.25, -0.2) is 4.98 Å². The van der Waals surface area contributed by atoms with Crippen molar-refractivity contribution in [1.82, 2.24) is 9.88 Å². The van der Waals surface area contributed by atoms with Crippen molar-refractivity contribution in [2.75, 3.05) is 19.3 Å². The highest BCUT2D eigenvalue weighted by Crippen LogP contribution is 2.25. The zero-order chi connectivity index (χ0) is 13.8. The number of carbonyl (C=O) groups excluding carboxylic acids is 1. The monoisotopic (exact) mass is 281 g/mol. The fourth-order valence-electron chi connectivity index (χ4n) is 2.63. The van der Waals surface area contributed by atoms with Crippen molar-refractivity contribution in [2.45, 2.75) is 32.1 Å². The average molecular weight is 282 g/mol. The molecule has 19 heavy (non-hydrogen) atoms. The molecule has 0 unspecified atom stereocenters. The third-order valence-corrected chi connectivity index (χ3v) is 3.98. The van der Waals surface area contributed by atoms with Gasteiger partial charge in [0.05, 0.1) is 5.02 Å². The summed E-state index contributed by atoms with van der Waals surface area (Å²) >= 11 is 6.01. The Kier molecular flexibility index (Phi) is 4.64. The molecular weight excluding hydrogens is 262 g/mol. The summed E-state index contributed by atoms with van der Waals surface area (Å²) in [6.45, 7) is 0.769. The molecule has 0 atom stereocenters. The van der Waals surface area contributed by atoms with Crippen LogP contribution < -0.4 is 5.73 Å². The lowest BCUT2D eigenvalue weighted by molar-refractivity contribution is 0.0755. The van der Waals surface area contributed by atoms with E-state index >= 15 is 0 Å². The maximum absolute atomic E-state index is 12.3. The van der Waals surface area contributed by atoms with E-state index < -0.39 is 0 Å². The number of halogens is 1. The van der Waals surface area contributed by atoms with E-state index in [0.29, 0.717) is 16.8 Å². The second-order valence-corrected chi connectivity index (χ2v) is 5.66. The number of rotatable bonds is 3. The number of amides is 1. The molecule has 0 spiro atoms. The van der Waals surface area contributed by atoms with Crippen molar-refractivity contribution >= 4 is 23.3 Å². The van der Waals surface area contributed by atoms with Gasteiger partial charge >= 0.3 is 0 Å². The first-order chi connectivity index (χ1) is 9.08. The zero-order valence-electron chi connectivity index (χ0n) is 11.2. The van der Waals surface area contributed by atoms with Crippen molar-refractivity contribution < 1.29 is 4.79 Å². The summed E-state index contributed by atoms with van der Waals surface area (Å²) in [4.78, 5) is 18.1. The molecule has 0 aliphatic heterocycles. The van der Waals surface area contributed by atoms with Crippen LogP contribution in [0.3, 0.4) is 0 Å². The number of hydrogen-bond donors (Lipinski definition) is 1. The maximum Gasteiger partial charge on any atom is 0.273 e. The van der Waals surface area contributed by atoms with Crippen LogP contribution in [0.15, 0.2) is 12.1 Å². The van der Waals surface area contributed by atoms with Crippen LogP contribution >= 0.6 is 11.6 Å². The topological polar surface area (TPSA) is 59.2 Å². The molecule has 0 radical (unpaired) electrons. The van der Waals surface area contributed by atoms with Gasteiger partial charge < -0.3 is 10.6 Å². The van der Waals surface area contributed by atoms with Crippen LogP contribution in [-0.4, -0.2) is 29.4 Å². The van der Waals surface area contributed by atoms with E-state index in [1.807, 2.05) is 0 Å². The molecule has 0 bridgehead atoms. The molecule has 5 heteroatoms. The molecule has 1 aliphatic rings. The van der Waals surface area contributed by atoms with Gasteiger partial charge in [-0.05, 0) is 30.9 Å². The Morgan fingerprint density at radius 2 is 2.11 bits per heavy atom. The lowest BCUT2D eigenvalue weighted by Crippen LogP contribution is -2.33. The molecule has 1 heterocycles. The molecule has 4 nitrogen and oxygen atoms in total. The number of anilines is 1. The smallest absolute Gasteiger partial charge is 0.273 e. The van der Waals surface area contributed by atoms with Gasteiger partial charge in [-0.15, -0.1) is 0 Å². The van der Waals surface area contributed by atoms with Crippen molar-refractivity contribution in [3.63, 3.8) is 0 Å². The van der Waals surface area contributed by atoms with Crippen molar-refractivity contribution in [3.05, 3.63) is 22.8 Å². The van der Waals surface area contributed by atoms with E-state index in [1.165, 1.54) is 32.1 Å². The molecule has 2 N–H and O–H groups in total. The minimum atomic E-state index is -0.150. The first-order valence-corrected chi connectivity index (χ1v) is 7.13. The van der Waals surface area contributed by atoms with Crippen LogP contribution in [0.1, 0.15) is 42.6 Å². The molecule has 1 aromatic heterocycles. The lowest BCUT2D eigenvalue weighted by Gasteiger charge is -2.27. The first kappa shape index (κ1) is 14.1. The van der Waals surface area contributed by atoms with Crippen LogP contribution in [0.25, 0.3) is 0 Å². The second kappa shape index (κ2) is 6.24. The van der Waals surface area contributed by atoms with Gasteiger partial charge in [0.1, 0.15) is 11.5 Å². The Hall–Kier alpha value is -1.29. The van der Waals surface area contributed by atoms with E-state index in [0.717, 1.165) is 6.54 Å². The molecule has 1 fully saturated rings. The van der Waals surface area contributed by atoms with E-state index in [-0.39, 0.29) is 11.6 Å². The Morgan fingerprint density at radius 1 is 1.42 bits per heavy atom. The first-order valence-electron chi connectivity index (χ1n) is 6.75. The van der Waals surface area contributed by atoms with Crippen LogP contribution in [0.4, 0.5) is 5.82 Å². The second-order valence-electron chi connectivity index (χ2n) is 5.26. The Bertz CT molecular complexity index is 458. The highest BCUT2D eigenvalue weighted by Gasteiger charge is 2.21. The van der Waals surface area contributed by atoms with Gasteiger partial charge in [-0.2, -0.15) is 0 Å². The molecular formula is C14H20ClN3O. The van der Waals surface area contributed by atoms with Crippen molar-refractivity contribution in [2.24, 2.45) is 5.92 Å². The van der Waals surface area contributed by atoms with Crippen LogP contribution in [0.5, 0.6) is 0 Å². The molecule has 104 valence electrons. The van der Waals surface area contributed by atoms with Gasteiger partial charge in [0.15, 0.2) is 0 Å². The molecule has 1 aliphatic carbocycles. The van der Waals surface area contributed by atoms with Gasteiger partial charge in [0.2, 0.25) is 0 Å². The number of hydrogen-bond acceptors (Lipinski definition) is 3. The summed E-state index contributed by atoms with van der Waals surface area (Å²) in [6.07, 6.45) is 6.26. The van der Waals surface area contributed by atoms with Crippen LogP contribution in [-0.2, 0) is 0 Å². The maximum atomic E-state index is 12.3. The number of aromatic nitrogens is 1. The average Bonchev–Trinajstić information content (AvgIpc) is 2.42. The number of nitrogen functional groups attached to an aromatic ring is 1. The standard InChI is InChI=1S/C14H20ClN3O/c1-18(9-10-5-3-2-4-6-10)14(19)13-11(15)7-8-12(16)17-13/h7-8,10H,2-6,9H2,1H3,(H2,16,17). The summed E-state index contributed by atoms with van der Waals surface area (Å²) < 4.78 is 0. The largest absolute Gasteiger partial charge is 0.384 e. The van der Waals surface area contributed by atoms with E-state index in [9.17, 15) is 4.79 Å². The van der Waals surface area contributed by atoms with Crippen LogP contribution in [0, 0.1) is 5.92 Å². The van der Waals surface area contributed by atoms with Gasteiger partial charge in [-0.3, -0.25) is 4.79 Å². The summed E-state index contributed by atoms with van der Waals surface area (Å²) in [5.74, 6) is 0.768. The highest BCUT2D eigenvalue weighted by atomic mass is 35.5. The summed E-state index contributed by atoms with van der Waals surface area (Å²) in [5, 5.41) is 0.356. The normalized spacial score (nSPS) is 16.3. The molecule has 1 aromatic rings. The Balaban J connectivity index is 2.03. The number of nitrogens with zero attached hydrogens (tertiary/aromatic N) is 2. The van der Waals surface area contributed by atoms with Crippen molar-refractivity contribution in [3.8, 4) is 0 Å². The van der Waals surface area contributed by atoms with E-state index in [2.05, 4.69) is 4.98 Å². The molecule has 0 aromatic carbocycles. The van der Waals surface area contributed by atoms with Gasteiger partial charge in [-0.1, -0.05) is 30.9 Å². The summed E-state index contributed by atoms with van der Waals surface area (Å²) in [6, 6.07) is 3.21. The van der Waals surface area contributed by atoms with E-state index in [4.69, 9.17) is 17.3 Å². The molecule has 1 saturated carbocycles. The molecule has 1 amide bonds.